The first-order valence-electron chi connectivity index (χ1n) is 6.10. The third-order valence-electron chi connectivity index (χ3n) is 3.61. The summed E-state index contributed by atoms with van der Waals surface area (Å²) >= 11 is 0. The van der Waals surface area contributed by atoms with E-state index >= 15 is 0 Å². The minimum atomic E-state index is -0.555. The molecule has 2 aromatic heterocycles. The third kappa shape index (κ3) is 1.67. The van der Waals surface area contributed by atoms with Crippen LogP contribution in [0.1, 0.15) is 37.9 Å². The second kappa shape index (κ2) is 3.81. The molecule has 96 valence electrons. The minimum absolute atomic E-state index is 0.272. The molecular formula is C11H15N5O2. The van der Waals surface area contributed by atoms with Crippen LogP contribution in [-0.4, -0.2) is 19.9 Å². The Bertz CT molecular complexity index is 689. The molecule has 1 saturated carbocycles. The van der Waals surface area contributed by atoms with Crippen molar-refractivity contribution in [2.45, 2.75) is 37.6 Å². The standard InChI is InChI=1S/C11H15N5O2/c12-11(4-2-1-3-5-11)9-13-6-7(14-9)15-10(18)16-8(6)17/h1-5,12H2,(H3,13,14,15,16,17,18). The number of fused-ring (bicyclic) bond motifs is 1. The highest BCUT2D eigenvalue weighted by molar-refractivity contribution is 5.68. The largest absolute Gasteiger partial charge is 0.335 e. The SMILES string of the molecule is NC1(c2nc3[nH]c(=O)[nH]c(=O)c3[nH]2)CCCCC1. The minimum Gasteiger partial charge on any atom is -0.335 e. The Kier molecular flexibility index (Phi) is 2.37. The smallest absolute Gasteiger partial charge is 0.327 e. The molecule has 2 heterocycles. The van der Waals surface area contributed by atoms with Crippen LogP contribution >= 0.6 is 0 Å². The summed E-state index contributed by atoms with van der Waals surface area (Å²) in [4.78, 5) is 34.7. The van der Waals surface area contributed by atoms with Gasteiger partial charge >= 0.3 is 5.69 Å². The number of imidazole rings is 1. The third-order valence-corrected chi connectivity index (χ3v) is 3.61. The summed E-state index contributed by atoms with van der Waals surface area (Å²) in [5.74, 6) is 0.588. The van der Waals surface area contributed by atoms with Gasteiger partial charge in [-0.2, -0.15) is 0 Å². The Labute approximate surface area is 102 Å². The van der Waals surface area contributed by atoms with Crippen molar-refractivity contribution >= 4 is 11.2 Å². The lowest BCUT2D eigenvalue weighted by Gasteiger charge is -2.31. The summed E-state index contributed by atoms with van der Waals surface area (Å²) in [7, 11) is 0. The number of nitrogens with zero attached hydrogens (tertiary/aromatic N) is 1. The van der Waals surface area contributed by atoms with Gasteiger partial charge in [0.05, 0.1) is 5.54 Å². The molecule has 0 spiro atoms. The summed E-state index contributed by atoms with van der Waals surface area (Å²) in [6.07, 6.45) is 4.97. The van der Waals surface area contributed by atoms with Gasteiger partial charge in [-0.25, -0.2) is 9.78 Å². The van der Waals surface area contributed by atoms with Gasteiger partial charge in [-0.1, -0.05) is 19.3 Å². The van der Waals surface area contributed by atoms with E-state index in [1.54, 1.807) is 0 Å². The summed E-state index contributed by atoms with van der Waals surface area (Å²) in [6.45, 7) is 0. The maximum absolute atomic E-state index is 11.6. The topological polar surface area (TPSA) is 120 Å². The lowest BCUT2D eigenvalue weighted by molar-refractivity contribution is 0.289. The molecule has 3 rings (SSSR count). The molecule has 0 radical (unpaired) electrons. The van der Waals surface area contributed by atoms with E-state index in [9.17, 15) is 9.59 Å². The Morgan fingerprint density at radius 3 is 2.50 bits per heavy atom. The molecule has 5 N–H and O–H groups in total. The van der Waals surface area contributed by atoms with E-state index in [1.807, 2.05) is 0 Å². The number of aromatic nitrogens is 4. The van der Waals surface area contributed by atoms with Crippen LogP contribution in [0.5, 0.6) is 0 Å². The second-order valence-corrected chi connectivity index (χ2v) is 4.93. The highest BCUT2D eigenvalue weighted by Gasteiger charge is 2.32. The average molecular weight is 249 g/mol. The molecule has 1 aliphatic carbocycles. The number of aromatic amines is 3. The molecule has 2 aromatic rings. The average Bonchev–Trinajstić information content (AvgIpc) is 2.74. The maximum atomic E-state index is 11.6. The van der Waals surface area contributed by atoms with Gasteiger partial charge in [0, 0.05) is 0 Å². The maximum Gasteiger partial charge on any atom is 0.327 e. The van der Waals surface area contributed by atoms with Crippen molar-refractivity contribution in [1.82, 2.24) is 19.9 Å². The first-order valence-corrected chi connectivity index (χ1v) is 6.10. The number of nitrogens with two attached hydrogens (primary N) is 1. The van der Waals surface area contributed by atoms with E-state index in [2.05, 4.69) is 19.9 Å². The summed E-state index contributed by atoms with van der Waals surface area (Å²) in [6, 6.07) is 0. The van der Waals surface area contributed by atoms with Crippen molar-refractivity contribution in [3.05, 3.63) is 26.7 Å². The van der Waals surface area contributed by atoms with Crippen molar-refractivity contribution in [1.29, 1.82) is 0 Å². The monoisotopic (exact) mass is 249 g/mol. The molecule has 7 nitrogen and oxygen atoms in total. The molecular weight excluding hydrogens is 234 g/mol. The fourth-order valence-electron chi connectivity index (χ4n) is 2.59. The molecule has 0 bridgehead atoms. The van der Waals surface area contributed by atoms with Crippen LogP contribution < -0.4 is 17.0 Å². The fourth-order valence-corrected chi connectivity index (χ4v) is 2.59. The number of rotatable bonds is 1. The van der Waals surface area contributed by atoms with Crippen LogP contribution in [0.3, 0.4) is 0 Å². The van der Waals surface area contributed by atoms with Gasteiger partial charge in [0.2, 0.25) is 0 Å². The highest BCUT2D eigenvalue weighted by atomic mass is 16.2. The molecule has 1 fully saturated rings. The number of H-pyrrole nitrogens is 3. The summed E-state index contributed by atoms with van der Waals surface area (Å²) in [5, 5.41) is 0. The van der Waals surface area contributed by atoms with Crippen LogP contribution in [-0.2, 0) is 5.54 Å². The second-order valence-electron chi connectivity index (χ2n) is 4.93. The van der Waals surface area contributed by atoms with E-state index in [4.69, 9.17) is 5.73 Å². The number of hydrogen-bond donors (Lipinski definition) is 4. The summed E-state index contributed by atoms with van der Waals surface area (Å²) < 4.78 is 0. The lowest BCUT2D eigenvalue weighted by Crippen LogP contribution is -2.39. The Balaban J connectivity index is 2.16. The molecule has 0 saturated heterocycles. The van der Waals surface area contributed by atoms with Gasteiger partial charge in [0.15, 0.2) is 5.65 Å². The molecule has 0 amide bonds. The van der Waals surface area contributed by atoms with Crippen LogP contribution in [0.4, 0.5) is 0 Å². The van der Waals surface area contributed by atoms with E-state index < -0.39 is 16.8 Å². The highest BCUT2D eigenvalue weighted by Crippen LogP contribution is 2.33. The van der Waals surface area contributed by atoms with Gasteiger partial charge in [0.1, 0.15) is 11.3 Å². The Hall–Kier alpha value is -1.89. The van der Waals surface area contributed by atoms with Crippen LogP contribution in [0.2, 0.25) is 0 Å². The molecule has 0 unspecified atom stereocenters. The molecule has 7 heteroatoms. The van der Waals surface area contributed by atoms with Crippen LogP contribution in [0.15, 0.2) is 9.59 Å². The van der Waals surface area contributed by atoms with Crippen molar-refractivity contribution in [2.75, 3.05) is 0 Å². The zero-order chi connectivity index (χ0) is 12.8. The molecule has 0 aromatic carbocycles. The predicted molar refractivity (Wildman–Crippen MR) is 66.3 cm³/mol. The van der Waals surface area contributed by atoms with E-state index in [0.29, 0.717) is 5.82 Å². The van der Waals surface area contributed by atoms with Crippen molar-refractivity contribution in [3.63, 3.8) is 0 Å². The normalized spacial score (nSPS) is 19.2. The van der Waals surface area contributed by atoms with Crippen molar-refractivity contribution in [2.24, 2.45) is 5.73 Å². The Morgan fingerprint density at radius 2 is 1.78 bits per heavy atom. The zero-order valence-corrected chi connectivity index (χ0v) is 9.88. The molecule has 0 aliphatic heterocycles. The van der Waals surface area contributed by atoms with Gasteiger partial charge < -0.3 is 10.7 Å². The fraction of sp³-hybridized carbons (Fsp3) is 0.545. The predicted octanol–water partition coefficient (Wildman–Crippen LogP) is 0.0576. The first-order chi connectivity index (χ1) is 8.58. The Morgan fingerprint density at radius 1 is 1.06 bits per heavy atom. The molecule has 18 heavy (non-hydrogen) atoms. The van der Waals surface area contributed by atoms with Crippen molar-refractivity contribution in [3.8, 4) is 0 Å². The molecule has 0 atom stereocenters. The van der Waals surface area contributed by atoms with Gasteiger partial charge in [-0.15, -0.1) is 0 Å². The van der Waals surface area contributed by atoms with Crippen molar-refractivity contribution < 1.29 is 0 Å². The summed E-state index contributed by atoms with van der Waals surface area (Å²) in [5.41, 5.74) is 5.35. The van der Waals surface area contributed by atoms with E-state index in [1.165, 1.54) is 6.42 Å². The van der Waals surface area contributed by atoms with Gasteiger partial charge in [-0.05, 0) is 12.8 Å². The van der Waals surface area contributed by atoms with E-state index in [0.717, 1.165) is 25.7 Å². The van der Waals surface area contributed by atoms with Gasteiger partial charge in [0.25, 0.3) is 5.56 Å². The van der Waals surface area contributed by atoms with Crippen LogP contribution in [0.25, 0.3) is 11.2 Å². The number of hydrogen-bond acceptors (Lipinski definition) is 4. The van der Waals surface area contributed by atoms with Crippen LogP contribution in [0, 0.1) is 0 Å². The quantitative estimate of drug-likeness (QED) is 0.571. The zero-order valence-electron chi connectivity index (χ0n) is 9.88. The van der Waals surface area contributed by atoms with Gasteiger partial charge in [-0.3, -0.25) is 14.8 Å². The first kappa shape index (κ1) is 11.2. The van der Waals surface area contributed by atoms with E-state index in [-0.39, 0.29) is 11.2 Å². The number of nitrogens with one attached hydrogen (secondary N) is 3. The lowest BCUT2D eigenvalue weighted by atomic mass is 9.82. The molecule has 1 aliphatic rings.